The third-order valence-electron chi connectivity index (χ3n) is 3.70. The van der Waals surface area contributed by atoms with Crippen molar-refractivity contribution in [1.29, 1.82) is 0 Å². The van der Waals surface area contributed by atoms with Crippen LogP contribution in [0.2, 0.25) is 0 Å². The predicted octanol–water partition coefficient (Wildman–Crippen LogP) is 0.928. The highest BCUT2D eigenvalue weighted by Gasteiger charge is 2.40. The number of carbonyl (C=O) groups excluding carboxylic acids is 1. The first kappa shape index (κ1) is 13.2. The summed E-state index contributed by atoms with van der Waals surface area (Å²) in [6, 6.07) is 0. The van der Waals surface area contributed by atoms with Gasteiger partial charge < -0.3 is 15.2 Å². The van der Waals surface area contributed by atoms with Crippen molar-refractivity contribution in [3.8, 4) is 0 Å². The van der Waals surface area contributed by atoms with Gasteiger partial charge in [0.25, 0.3) is 0 Å². The van der Waals surface area contributed by atoms with Crippen LogP contribution in [0.3, 0.4) is 0 Å². The topological polar surface area (TPSA) is 58.6 Å². The van der Waals surface area contributed by atoms with E-state index >= 15 is 0 Å². The van der Waals surface area contributed by atoms with Gasteiger partial charge >= 0.3 is 0 Å². The molecule has 2 N–H and O–H groups in total. The zero-order valence-electron chi connectivity index (χ0n) is 10.3. The molecule has 17 heavy (non-hydrogen) atoms. The maximum absolute atomic E-state index is 11.9. The van der Waals surface area contributed by atoms with Gasteiger partial charge in [0, 0.05) is 19.6 Å². The van der Waals surface area contributed by atoms with E-state index in [0.29, 0.717) is 19.6 Å². The van der Waals surface area contributed by atoms with Crippen LogP contribution in [0.5, 0.6) is 0 Å². The van der Waals surface area contributed by atoms with E-state index in [2.05, 4.69) is 5.32 Å². The smallest absolute Gasteiger partial charge is 0.233 e. The molecule has 3 atom stereocenters. The van der Waals surface area contributed by atoms with Crippen LogP contribution in [-0.4, -0.2) is 46.9 Å². The van der Waals surface area contributed by atoms with Crippen molar-refractivity contribution < 1.29 is 14.6 Å². The summed E-state index contributed by atoms with van der Waals surface area (Å²) in [5.41, 5.74) is -0.880. The second-order valence-corrected chi connectivity index (χ2v) is 6.25. The molecule has 0 aromatic heterocycles. The zero-order chi connectivity index (χ0) is 12.3. The maximum Gasteiger partial charge on any atom is 0.233 e. The predicted molar refractivity (Wildman–Crippen MR) is 68.1 cm³/mol. The molecule has 0 aliphatic carbocycles. The maximum atomic E-state index is 11.9. The first-order valence-corrected chi connectivity index (χ1v) is 7.40. The normalized spacial score (nSPS) is 38.0. The lowest BCUT2D eigenvalue weighted by molar-refractivity contribution is -0.122. The van der Waals surface area contributed by atoms with Gasteiger partial charge in [-0.25, -0.2) is 0 Å². The van der Waals surface area contributed by atoms with Gasteiger partial charge in [-0.1, -0.05) is 6.42 Å². The van der Waals surface area contributed by atoms with Crippen molar-refractivity contribution in [2.24, 2.45) is 0 Å². The fourth-order valence-electron chi connectivity index (χ4n) is 2.30. The number of hydrogen-bond acceptors (Lipinski definition) is 4. The molecule has 2 rings (SSSR count). The van der Waals surface area contributed by atoms with E-state index < -0.39 is 5.60 Å². The van der Waals surface area contributed by atoms with E-state index in [1.54, 1.807) is 11.8 Å². The van der Waals surface area contributed by atoms with Gasteiger partial charge in [0.2, 0.25) is 5.91 Å². The Morgan fingerprint density at radius 2 is 2.41 bits per heavy atom. The van der Waals surface area contributed by atoms with Crippen LogP contribution in [0.1, 0.15) is 32.6 Å². The standard InChI is InChI=1S/C12H21NO3S/c1-9-12(15,5-6-16-9)8-13-11(14)10-4-2-3-7-17-10/h9-10,15H,2-8H2,1H3,(H,13,14). The molecule has 2 aliphatic heterocycles. The molecule has 0 radical (unpaired) electrons. The minimum absolute atomic E-state index is 0.0715. The SMILES string of the molecule is CC1OCCC1(O)CNC(=O)C1CCCCS1. The van der Waals surface area contributed by atoms with Crippen molar-refractivity contribution in [2.45, 2.75) is 49.6 Å². The van der Waals surface area contributed by atoms with Crippen molar-refractivity contribution in [3.63, 3.8) is 0 Å². The molecule has 0 aromatic carbocycles. The van der Waals surface area contributed by atoms with Gasteiger partial charge in [-0.3, -0.25) is 4.79 Å². The summed E-state index contributed by atoms with van der Waals surface area (Å²) in [5, 5.41) is 13.2. The van der Waals surface area contributed by atoms with Gasteiger partial charge in [0.15, 0.2) is 0 Å². The first-order valence-electron chi connectivity index (χ1n) is 6.35. The summed E-state index contributed by atoms with van der Waals surface area (Å²) in [4.78, 5) is 11.9. The van der Waals surface area contributed by atoms with Gasteiger partial charge in [0.1, 0.15) is 5.60 Å². The molecule has 0 aromatic rings. The summed E-state index contributed by atoms with van der Waals surface area (Å²) >= 11 is 1.73. The van der Waals surface area contributed by atoms with Crippen molar-refractivity contribution in [2.75, 3.05) is 18.9 Å². The summed E-state index contributed by atoms with van der Waals surface area (Å²) in [6.45, 7) is 2.74. The molecule has 5 heteroatoms. The van der Waals surface area contributed by atoms with Gasteiger partial charge in [-0.15, -0.1) is 11.8 Å². The number of rotatable bonds is 3. The third kappa shape index (κ3) is 3.14. The molecular weight excluding hydrogens is 238 g/mol. The number of aliphatic hydroxyl groups is 1. The summed E-state index contributed by atoms with van der Waals surface area (Å²) in [6.07, 6.45) is 3.72. The summed E-state index contributed by atoms with van der Waals surface area (Å²) in [7, 11) is 0. The molecule has 1 amide bonds. The average Bonchev–Trinajstić information content (AvgIpc) is 2.68. The van der Waals surface area contributed by atoms with Crippen LogP contribution >= 0.6 is 11.8 Å². The Hall–Kier alpha value is -0.260. The number of nitrogens with one attached hydrogen (secondary N) is 1. The fraction of sp³-hybridized carbons (Fsp3) is 0.917. The lowest BCUT2D eigenvalue weighted by Crippen LogP contribution is -2.49. The average molecular weight is 259 g/mol. The molecule has 2 aliphatic rings. The van der Waals surface area contributed by atoms with Crippen molar-refractivity contribution in [1.82, 2.24) is 5.32 Å². The van der Waals surface area contributed by atoms with Crippen molar-refractivity contribution >= 4 is 17.7 Å². The number of hydrogen-bond donors (Lipinski definition) is 2. The largest absolute Gasteiger partial charge is 0.385 e. The van der Waals surface area contributed by atoms with E-state index in [1.807, 2.05) is 6.92 Å². The number of thioether (sulfide) groups is 1. The quantitative estimate of drug-likeness (QED) is 0.791. The monoisotopic (exact) mass is 259 g/mol. The van der Waals surface area contributed by atoms with E-state index in [1.165, 1.54) is 6.42 Å². The Kier molecular flexibility index (Phi) is 4.33. The molecule has 4 nitrogen and oxygen atoms in total. The molecule has 2 heterocycles. The summed E-state index contributed by atoms with van der Waals surface area (Å²) in [5.74, 6) is 1.14. The molecule has 2 saturated heterocycles. The van der Waals surface area contributed by atoms with Crippen molar-refractivity contribution in [3.05, 3.63) is 0 Å². The zero-order valence-corrected chi connectivity index (χ0v) is 11.1. The van der Waals surface area contributed by atoms with Crippen LogP contribution in [0.25, 0.3) is 0 Å². The fourth-order valence-corrected chi connectivity index (χ4v) is 3.53. The number of carbonyl (C=O) groups is 1. The van der Waals surface area contributed by atoms with Gasteiger partial charge in [0.05, 0.1) is 11.4 Å². The van der Waals surface area contributed by atoms with Crippen LogP contribution in [0, 0.1) is 0 Å². The molecule has 0 saturated carbocycles. The second kappa shape index (κ2) is 5.59. The Labute approximate surface area is 106 Å². The molecule has 98 valence electrons. The van der Waals surface area contributed by atoms with E-state index in [0.717, 1.165) is 18.6 Å². The molecule has 0 spiro atoms. The highest BCUT2D eigenvalue weighted by molar-refractivity contribution is 8.00. The summed E-state index contributed by atoms with van der Waals surface area (Å²) < 4.78 is 5.34. The number of ether oxygens (including phenoxy) is 1. The molecule has 0 bridgehead atoms. The van der Waals surface area contributed by atoms with E-state index in [9.17, 15) is 9.90 Å². The van der Waals surface area contributed by atoms with Gasteiger partial charge in [-0.05, 0) is 25.5 Å². The molecule has 3 unspecified atom stereocenters. The third-order valence-corrected chi connectivity index (χ3v) is 5.08. The van der Waals surface area contributed by atoms with Crippen LogP contribution < -0.4 is 5.32 Å². The Morgan fingerprint density at radius 3 is 3.00 bits per heavy atom. The van der Waals surface area contributed by atoms with Crippen LogP contribution in [-0.2, 0) is 9.53 Å². The minimum Gasteiger partial charge on any atom is -0.385 e. The first-order chi connectivity index (χ1) is 8.12. The number of amides is 1. The lowest BCUT2D eigenvalue weighted by Gasteiger charge is -2.28. The van der Waals surface area contributed by atoms with Crippen LogP contribution in [0.15, 0.2) is 0 Å². The molecule has 2 fully saturated rings. The lowest BCUT2D eigenvalue weighted by atomic mass is 9.96. The Balaban J connectivity index is 1.79. The van der Waals surface area contributed by atoms with E-state index in [4.69, 9.17) is 4.74 Å². The van der Waals surface area contributed by atoms with Gasteiger partial charge in [-0.2, -0.15) is 0 Å². The second-order valence-electron chi connectivity index (χ2n) is 4.94. The highest BCUT2D eigenvalue weighted by atomic mass is 32.2. The highest BCUT2D eigenvalue weighted by Crippen LogP contribution is 2.27. The van der Waals surface area contributed by atoms with Crippen LogP contribution in [0.4, 0.5) is 0 Å². The van der Waals surface area contributed by atoms with E-state index in [-0.39, 0.29) is 17.3 Å². The Morgan fingerprint density at radius 1 is 1.59 bits per heavy atom. The minimum atomic E-state index is -0.880. The molecular formula is C12H21NO3S. The Bertz CT molecular complexity index is 281.